The summed E-state index contributed by atoms with van der Waals surface area (Å²) in [5.74, 6) is -4.74. The Labute approximate surface area is 255 Å². The third-order valence-corrected chi connectivity index (χ3v) is 13.0. The van der Waals surface area contributed by atoms with Crippen molar-refractivity contribution in [3.05, 3.63) is 44.8 Å². The third kappa shape index (κ3) is 4.20. The van der Waals surface area contributed by atoms with Gasteiger partial charge >= 0.3 is 11.9 Å². The number of ether oxygens (including phenoxy) is 2. The lowest BCUT2D eigenvalue weighted by molar-refractivity contribution is -0.201. The van der Waals surface area contributed by atoms with E-state index in [1.165, 1.54) is 13.0 Å². The Bertz CT molecular complexity index is 1440. The van der Waals surface area contributed by atoms with Gasteiger partial charge in [-0.1, -0.05) is 37.2 Å². The predicted molar refractivity (Wildman–Crippen MR) is 152 cm³/mol. The van der Waals surface area contributed by atoms with Gasteiger partial charge in [0.15, 0.2) is 16.5 Å². The minimum absolute atomic E-state index is 0.0668. The molecule has 0 unspecified atom stereocenters. The molecule has 0 aromatic carbocycles. The smallest absolute Gasteiger partial charge is 0.355 e. The summed E-state index contributed by atoms with van der Waals surface area (Å²) in [5.41, 5.74) is -5.16. The number of hydrogen-bond donors (Lipinski definition) is 1. The molecule has 0 bridgehead atoms. The molecular formula is C30H31ClF2O7S2. The first-order valence-electron chi connectivity index (χ1n) is 14.0. The minimum atomic E-state index is -2.41. The third-order valence-electron chi connectivity index (χ3n) is 10.4. The Morgan fingerprint density at radius 1 is 1.24 bits per heavy atom. The molecule has 12 heteroatoms. The lowest BCUT2D eigenvalue weighted by atomic mass is 9.45. The zero-order valence-corrected chi connectivity index (χ0v) is 25.6. The van der Waals surface area contributed by atoms with Crippen LogP contribution in [0.25, 0.3) is 0 Å². The number of esters is 2. The first-order valence-corrected chi connectivity index (χ1v) is 16.2. The van der Waals surface area contributed by atoms with Crippen molar-refractivity contribution in [1.82, 2.24) is 0 Å². The van der Waals surface area contributed by atoms with E-state index >= 15 is 8.78 Å². The van der Waals surface area contributed by atoms with Gasteiger partial charge in [-0.3, -0.25) is 14.4 Å². The van der Waals surface area contributed by atoms with Crippen LogP contribution in [0.1, 0.15) is 56.1 Å². The molecule has 1 aromatic rings. The molecule has 0 spiro atoms. The van der Waals surface area contributed by atoms with E-state index in [1.54, 1.807) is 5.38 Å². The van der Waals surface area contributed by atoms with Gasteiger partial charge in [-0.25, -0.2) is 13.6 Å². The Morgan fingerprint density at radius 3 is 2.62 bits per heavy atom. The summed E-state index contributed by atoms with van der Waals surface area (Å²) in [7, 11) is 0. The number of cyclic esters (lactones) is 1. The van der Waals surface area contributed by atoms with Crippen LogP contribution in [0.2, 0.25) is 5.02 Å². The molecule has 1 N–H and O–H groups in total. The van der Waals surface area contributed by atoms with E-state index < -0.39 is 75.3 Å². The second kappa shape index (κ2) is 10.2. The Balaban J connectivity index is 1.35. The summed E-state index contributed by atoms with van der Waals surface area (Å²) in [4.78, 5) is 51.5. The van der Waals surface area contributed by atoms with E-state index in [9.17, 15) is 24.3 Å². The normalized spacial score (nSPS) is 42.6. The maximum absolute atomic E-state index is 17.8. The lowest BCUT2D eigenvalue weighted by Gasteiger charge is -2.62. The van der Waals surface area contributed by atoms with Crippen LogP contribution in [0.4, 0.5) is 8.78 Å². The molecule has 10 atom stereocenters. The van der Waals surface area contributed by atoms with Gasteiger partial charge in [-0.05, 0) is 72.6 Å². The van der Waals surface area contributed by atoms with E-state index in [4.69, 9.17) is 21.1 Å². The van der Waals surface area contributed by atoms with Crippen molar-refractivity contribution in [2.45, 2.75) is 69.6 Å². The van der Waals surface area contributed by atoms with Crippen molar-refractivity contribution < 1.29 is 42.5 Å². The molecule has 6 rings (SSSR count). The molecule has 4 fully saturated rings. The molecule has 42 heavy (non-hydrogen) atoms. The van der Waals surface area contributed by atoms with E-state index in [0.29, 0.717) is 12.8 Å². The highest BCUT2D eigenvalue weighted by Gasteiger charge is 2.73. The molecule has 7 nitrogen and oxygen atoms in total. The van der Waals surface area contributed by atoms with Gasteiger partial charge in [-0.15, -0.1) is 11.3 Å². The van der Waals surface area contributed by atoms with Gasteiger partial charge in [0.1, 0.15) is 16.3 Å². The molecule has 1 aromatic heterocycles. The minimum Gasteiger partial charge on any atom is -0.465 e. The van der Waals surface area contributed by atoms with Crippen LogP contribution < -0.4 is 0 Å². The number of fused-ring (bicyclic) bond motifs is 5. The molecule has 2 heterocycles. The van der Waals surface area contributed by atoms with Gasteiger partial charge in [0.25, 0.3) is 0 Å². The predicted octanol–water partition coefficient (Wildman–Crippen LogP) is 5.64. The van der Waals surface area contributed by atoms with Crippen LogP contribution in [-0.2, 0) is 23.9 Å². The van der Waals surface area contributed by atoms with Crippen LogP contribution in [-0.4, -0.2) is 57.7 Å². The maximum Gasteiger partial charge on any atom is 0.355 e. The molecule has 0 amide bonds. The topological polar surface area (TPSA) is 107 Å². The second-order valence-corrected chi connectivity index (χ2v) is 15.2. The first-order chi connectivity index (χ1) is 19.7. The Morgan fingerprint density at radius 2 is 1.98 bits per heavy atom. The van der Waals surface area contributed by atoms with Gasteiger partial charge in [0.2, 0.25) is 5.78 Å². The molecule has 4 aliphatic carbocycles. The number of rotatable bonds is 4. The SMILES string of the molecule is C[C@@H]1C[C@H]2[C@H]3C[C@H](F)C4=CC(=O)C(OC(=O)c5sccc5Cl)=C[C@]4(C)[C@@]3(F)[C@@H](O)C[C@]2(C)[C@@H]1C(=O)S[C@H]1CCOC1=O. The van der Waals surface area contributed by atoms with Gasteiger partial charge in [-0.2, -0.15) is 0 Å². The van der Waals surface area contributed by atoms with Crippen LogP contribution in [0.15, 0.2) is 34.9 Å². The average molecular weight is 641 g/mol. The second-order valence-electron chi connectivity index (χ2n) is 12.6. The average Bonchev–Trinajstić information content (AvgIpc) is 3.59. The summed E-state index contributed by atoms with van der Waals surface area (Å²) >= 11 is 8.01. The Kier molecular flexibility index (Phi) is 7.31. The molecule has 3 saturated carbocycles. The van der Waals surface area contributed by atoms with Crippen LogP contribution in [0.3, 0.4) is 0 Å². The fraction of sp³-hybridized carbons (Fsp3) is 0.600. The summed E-state index contributed by atoms with van der Waals surface area (Å²) in [6.45, 7) is 5.46. The number of aliphatic hydroxyl groups excluding tert-OH is 1. The molecule has 5 aliphatic rings. The van der Waals surface area contributed by atoms with Crippen LogP contribution in [0.5, 0.6) is 0 Å². The van der Waals surface area contributed by atoms with Crippen LogP contribution >= 0.6 is 34.7 Å². The summed E-state index contributed by atoms with van der Waals surface area (Å²) in [6.07, 6.45) is -0.610. The van der Waals surface area contributed by atoms with Crippen molar-refractivity contribution in [2.75, 3.05) is 6.61 Å². The molecule has 1 saturated heterocycles. The fourth-order valence-electron chi connectivity index (χ4n) is 8.60. The summed E-state index contributed by atoms with van der Waals surface area (Å²) < 4.78 is 44.2. The molecule has 1 aliphatic heterocycles. The number of carbonyl (C=O) groups excluding carboxylic acids is 4. The zero-order valence-electron chi connectivity index (χ0n) is 23.2. The van der Waals surface area contributed by atoms with E-state index in [-0.39, 0.29) is 46.0 Å². The van der Waals surface area contributed by atoms with Gasteiger partial charge in [0.05, 0.1) is 23.1 Å². The van der Waals surface area contributed by atoms with Crippen molar-refractivity contribution in [3.63, 3.8) is 0 Å². The van der Waals surface area contributed by atoms with Crippen molar-refractivity contribution in [2.24, 2.45) is 34.5 Å². The first kappa shape index (κ1) is 30.0. The van der Waals surface area contributed by atoms with Gasteiger partial charge < -0.3 is 14.6 Å². The van der Waals surface area contributed by atoms with Crippen LogP contribution in [0, 0.1) is 34.5 Å². The summed E-state index contributed by atoms with van der Waals surface area (Å²) in [6, 6.07) is 1.50. The zero-order chi connectivity index (χ0) is 30.4. The lowest BCUT2D eigenvalue weighted by Crippen LogP contribution is -2.68. The fourth-order valence-corrected chi connectivity index (χ4v) is 10.9. The number of thiophene rings is 1. The monoisotopic (exact) mass is 640 g/mol. The maximum atomic E-state index is 17.8. The highest BCUT2D eigenvalue weighted by molar-refractivity contribution is 8.14. The van der Waals surface area contributed by atoms with Crippen molar-refractivity contribution in [1.29, 1.82) is 0 Å². The quantitative estimate of drug-likeness (QED) is 0.422. The van der Waals surface area contributed by atoms with Gasteiger partial charge in [0, 0.05) is 18.3 Å². The number of aliphatic hydroxyl groups is 1. The highest BCUT2D eigenvalue weighted by Crippen LogP contribution is 2.70. The van der Waals surface area contributed by atoms with Crippen molar-refractivity contribution in [3.8, 4) is 0 Å². The number of alkyl halides is 2. The molecule has 0 radical (unpaired) electrons. The Hall–Kier alpha value is -2.08. The number of allylic oxidation sites excluding steroid dienone is 3. The molecule has 226 valence electrons. The largest absolute Gasteiger partial charge is 0.465 e. The number of hydrogen-bond acceptors (Lipinski definition) is 9. The number of halogens is 3. The number of ketones is 1. The van der Waals surface area contributed by atoms with E-state index in [2.05, 4.69) is 0 Å². The van der Waals surface area contributed by atoms with E-state index in [1.807, 2.05) is 13.8 Å². The molecular weight excluding hydrogens is 610 g/mol. The van der Waals surface area contributed by atoms with Crippen molar-refractivity contribution >= 4 is 57.5 Å². The van der Waals surface area contributed by atoms with E-state index in [0.717, 1.165) is 35.3 Å². The number of thioether (sulfide) groups is 1. The highest BCUT2D eigenvalue weighted by atomic mass is 35.5. The standard InChI is InChI=1S/C30H31ClF2O7S2/c1-13-8-14-15-9-18(32)16-10-19(34)20(40-26(37)24-17(31)5-7-41-24)11-29(16,3)30(15,33)22(35)12-28(14,2)23(13)27(38)42-21-4-6-39-25(21)36/h5,7,10-11,13-15,18,21-23,35H,4,6,8-9,12H2,1-3H3/t13-,14+,15-,18+,21+,22+,23+,28+,29+,30+/m1/s1. The number of carbonyl (C=O) groups is 4. The summed E-state index contributed by atoms with van der Waals surface area (Å²) in [5, 5.41) is 12.6.